The SMILES string of the molecule is Cc1nccc(OC2CCN(S(=O)(=O)/C=C/c3ccccc3)C2)n1. The van der Waals surface area contributed by atoms with E-state index in [-0.39, 0.29) is 6.10 Å². The van der Waals surface area contributed by atoms with Crippen molar-refractivity contribution in [2.24, 2.45) is 0 Å². The van der Waals surface area contributed by atoms with E-state index in [4.69, 9.17) is 4.74 Å². The first-order chi connectivity index (χ1) is 11.5. The predicted molar refractivity (Wildman–Crippen MR) is 91.8 cm³/mol. The summed E-state index contributed by atoms with van der Waals surface area (Å²) in [6.45, 7) is 2.55. The highest BCUT2D eigenvalue weighted by Crippen LogP contribution is 2.20. The van der Waals surface area contributed by atoms with Crippen molar-refractivity contribution in [2.45, 2.75) is 19.4 Å². The maximum atomic E-state index is 12.4. The van der Waals surface area contributed by atoms with E-state index in [0.29, 0.717) is 31.2 Å². The van der Waals surface area contributed by atoms with Crippen molar-refractivity contribution in [2.75, 3.05) is 13.1 Å². The zero-order chi connectivity index (χ0) is 17.0. The molecule has 24 heavy (non-hydrogen) atoms. The van der Waals surface area contributed by atoms with E-state index in [2.05, 4.69) is 9.97 Å². The molecule has 7 heteroatoms. The van der Waals surface area contributed by atoms with Crippen LogP contribution in [-0.4, -0.2) is 41.9 Å². The van der Waals surface area contributed by atoms with Gasteiger partial charge in [-0.05, 0) is 25.0 Å². The summed E-state index contributed by atoms with van der Waals surface area (Å²) in [6, 6.07) is 11.0. The molecule has 1 saturated heterocycles. The Balaban J connectivity index is 1.63. The molecule has 2 aromatic rings. The van der Waals surface area contributed by atoms with E-state index in [1.165, 1.54) is 9.71 Å². The minimum absolute atomic E-state index is 0.195. The highest BCUT2D eigenvalue weighted by Gasteiger charge is 2.31. The summed E-state index contributed by atoms with van der Waals surface area (Å²) < 4.78 is 32.0. The lowest BCUT2D eigenvalue weighted by molar-refractivity contribution is 0.206. The van der Waals surface area contributed by atoms with E-state index in [9.17, 15) is 8.42 Å². The lowest BCUT2D eigenvalue weighted by atomic mass is 10.2. The largest absolute Gasteiger partial charge is 0.473 e. The summed E-state index contributed by atoms with van der Waals surface area (Å²) in [5.74, 6) is 1.10. The van der Waals surface area contributed by atoms with Crippen molar-refractivity contribution < 1.29 is 13.2 Å². The van der Waals surface area contributed by atoms with Gasteiger partial charge in [-0.15, -0.1) is 0 Å². The molecule has 0 saturated carbocycles. The number of hydrogen-bond donors (Lipinski definition) is 0. The molecule has 2 heterocycles. The Morgan fingerprint density at radius 2 is 2.04 bits per heavy atom. The lowest BCUT2D eigenvalue weighted by Crippen LogP contribution is -2.29. The average molecular weight is 345 g/mol. The number of aromatic nitrogens is 2. The number of rotatable bonds is 5. The monoisotopic (exact) mass is 345 g/mol. The third kappa shape index (κ3) is 4.18. The van der Waals surface area contributed by atoms with E-state index in [0.717, 1.165) is 5.56 Å². The third-order valence-corrected chi connectivity index (χ3v) is 5.27. The molecule has 0 radical (unpaired) electrons. The van der Waals surface area contributed by atoms with Gasteiger partial charge < -0.3 is 4.74 Å². The van der Waals surface area contributed by atoms with E-state index >= 15 is 0 Å². The maximum absolute atomic E-state index is 12.4. The molecule has 6 nitrogen and oxygen atoms in total. The fourth-order valence-electron chi connectivity index (χ4n) is 2.51. The minimum Gasteiger partial charge on any atom is -0.473 e. The molecule has 1 atom stereocenters. The van der Waals surface area contributed by atoms with Gasteiger partial charge in [0.2, 0.25) is 15.9 Å². The number of sulfonamides is 1. The Morgan fingerprint density at radius 3 is 2.79 bits per heavy atom. The topological polar surface area (TPSA) is 72.4 Å². The van der Waals surface area contributed by atoms with Crippen molar-refractivity contribution in [1.29, 1.82) is 0 Å². The van der Waals surface area contributed by atoms with Crippen molar-refractivity contribution in [3.8, 4) is 5.88 Å². The number of benzene rings is 1. The molecular formula is C17H19N3O3S. The molecule has 3 rings (SSSR count). The number of ether oxygens (including phenoxy) is 1. The summed E-state index contributed by atoms with van der Waals surface area (Å²) >= 11 is 0. The zero-order valence-corrected chi connectivity index (χ0v) is 14.2. The second-order valence-electron chi connectivity index (χ2n) is 5.59. The number of hydrogen-bond acceptors (Lipinski definition) is 5. The van der Waals surface area contributed by atoms with E-state index in [1.807, 2.05) is 30.3 Å². The van der Waals surface area contributed by atoms with Crippen LogP contribution >= 0.6 is 0 Å². The van der Waals surface area contributed by atoms with Gasteiger partial charge in [-0.1, -0.05) is 30.3 Å². The van der Waals surface area contributed by atoms with Gasteiger partial charge in [0.1, 0.15) is 11.9 Å². The Labute approximate surface area is 141 Å². The fraction of sp³-hybridized carbons (Fsp3) is 0.294. The van der Waals surface area contributed by atoms with Crippen LogP contribution in [0.4, 0.5) is 0 Å². The predicted octanol–water partition coefficient (Wildman–Crippen LogP) is 2.24. The van der Waals surface area contributed by atoms with Gasteiger partial charge in [-0.3, -0.25) is 0 Å². The smallest absolute Gasteiger partial charge is 0.236 e. The summed E-state index contributed by atoms with van der Waals surface area (Å²) in [5.41, 5.74) is 0.851. The van der Waals surface area contributed by atoms with Crippen LogP contribution in [0.5, 0.6) is 5.88 Å². The molecule has 1 aromatic heterocycles. The molecule has 1 aromatic carbocycles. The van der Waals surface area contributed by atoms with Crippen LogP contribution < -0.4 is 4.74 Å². The fourth-order valence-corrected chi connectivity index (χ4v) is 3.75. The van der Waals surface area contributed by atoms with Gasteiger partial charge in [0, 0.05) is 24.2 Å². The first-order valence-corrected chi connectivity index (χ1v) is 9.23. The molecule has 1 aliphatic rings. The number of nitrogens with zero attached hydrogens (tertiary/aromatic N) is 3. The molecule has 1 fully saturated rings. The van der Waals surface area contributed by atoms with Crippen LogP contribution in [0, 0.1) is 6.92 Å². The second-order valence-corrected chi connectivity index (χ2v) is 7.41. The summed E-state index contributed by atoms with van der Waals surface area (Å²) in [7, 11) is -3.45. The minimum atomic E-state index is -3.45. The van der Waals surface area contributed by atoms with Crippen LogP contribution in [-0.2, 0) is 10.0 Å². The molecule has 0 spiro atoms. The first kappa shape index (κ1) is 16.6. The summed E-state index contributed by atoms with van der Waals surface area (Å²) in [6.07, 6.45) is 3.68. The molecule has 1 unspecified atom stereocenters. The van der Waals surface area contributed by atoms with Crippen molar-refractivity contribution in [3.63, 3.8) is 0 Å². The van der Waals surface area contributed by atoms with E-state index < -0.39 is 10.0 Å². The Kier molecular flexibility index (Phi) is 4.92. The third-order valence-electron chi connectivity index (χ3n) is 3.74. The first-order valence-electron chi connectivity index (χ1n) is 7.72. The second kappa shape index (κ2) is 7.11. The van der Waals surface area contributed by atoms with Crippen LogP contribution in [0.25, 0.3) is 6.08 Å². The van der Waals surface area contributed by atoms with Crippen LogP contribution in [0.1, 0.15) is 17.8 Å². The van der Waals surface area contributed by atoms with Crippen molar-refractivity contribution in [1.82, 2.24) is 14.3 Å². The summed E-state index contributed by atoms with van der Waals surface area (Å²) in [4.78, 5) is 8.20. The van der Waals surface area contributed by atoms with E-state index in [1.54, 1.807) is 25.3 Å². The molecule has 126 valence electrons. The van der Waals surface area contributed by atoms with Crippen molar-refractivity contribution in [3.05, 3.63) is 59.4 Å². The molecule has 1 aliphatic heterocycles. The van der Waals surface area contributed by atoms with Crippen LogP contribution in [0.3, 0.4) is 0 Å². The van der Waals surface area contributed by atoms with Gasteiger partial charge in [-0.25, -0.2) is 13.4 Å². The molecular weight excluding hydrogens is 326 g/mol. The highest BCUT2D eigenvalue weighted by molar-refractivity contribution is 7.92. The normalized spacial score (nSPS) is 19.0. The lowest BCUT2D eigenvalue weighted by Gasteiger charge is -2.15. The quantitative estimate of drug-likeness (QED) is 0.831. The molecule has 0 amide bonds. The van der Waals surface area contributed by atoms with Gasteiger partial charge in [-0.2, -0.15) is 9.29 Å². The molecule has 0 N–H and O–H groups in total. The molecule has 0 bridgehead atoms. The Hall–Kier alpha value is -2.25. The van der Waals surface area contributed by atoms with Gasteiger partial charge >= 0.3 is 0 Å². The summed E-state index contributed by atoms with van der Waals surface area (Å²) in [5, 5.41) is 1.25. The van der Waals surface area contributed by atoms with Crippen LogP contribution in [0.15, 0.2) is 48.0 Å². The standard InChI is InChI=1S/C17H19N3O3S/c1-14-18-10-7-17(19-14)23-16-8-11-20(13-16)24(21,22)12-9-15-5-3-2-4-6-15/h2-7,9-10,12,16H,8,11,13H2,1H3/b12-9+. The van der Waals surface area contributed by atoms with Crippen LogP contribution in [0.2, 0.25) is 0 Å². The van der Waals surface area contributed by atoms with Gasteiger partial charge in [0.15, 0.2) is 0 Å². The van der Waals surface area contributed by atoms with Gasteiger partial charge in [0.25, 0.3) is 0 Å². The highest BCUT2D eigenvalue weighted by atomic mass is 32.2. The Morgan fingerprint density at radius 1 is 1.25 bits per heavy atom. The average Bonchev–Trinajstić information content (AvgIpc) is 3.03. The van der Waals surface area contributed by atoms with Crippen molar-refractivity contribution >= 4 is 16.1 Å². The molecule has 0 aliphatic carbocycles. The Bertz CT molecular complexity index is 822. The number of aryl methyl sites for hydroxylation is 1. The maximum Gasteiger partial charge on any atom is 0.236 e. The zero-order valence-electron chi connectivity index (χ0n) is 13.4. The van der Waals surface area contributed by atoms with Gasteiger partial charge in [0.05, 0.1) is 6.54 Å².